The summed E-state index contributed by atoms with van der Waals surface area (Å²) in [5.41, 5.74) is 1.23. The van der Waals surface area contributed by atoms with Crippen molar-refractivity contribution < 1.29 is 9.13 Å². The molecule has 0 spiro atoms. The summed E-state index contributed by atoms with van der Waals surface area (Å²) < 4.78 is 22.4. The van der Waals surface area contributed by atoms with E-state index in [0.717, 1.165) is 0 Å². The van der Waals surface area contributed by atoms with Crippen molar-refractivity contribution in [2.24, 2.45) is 0 Å². The second-order valence-electron chi connectivity index (χ2n) is 2.72. The van der Waals surface area contributed by atoms with Crippen molar-refractivity contribution in [3.05, 3.63) is 35.5 Å². The van der Waals surface area contributed by atoms with Gasteiger partial charge in [0.2, 0.25) is 5.88 Å². The predicted octanol–water partition coefficient (Wildman–Crippen LogP) is 2.96. The van der Waals surface area contributed by atoms with Crippen LogP contribution in [-0.2, 0) is 0 Å². The predicted molar refractivity (Wildman–Crippen MR) is 54.1 cm³/mol. The van der Waals surface area contributed by atoms with Crippen molar-refractivity contribution in [1.29, 1.82) is 0 Å². The normalized spacial score (nSPS) is 10.1. The molecule has 1 aromatic heterocycles. The van der Waals surface area contributed by atoms with Gasteiger partial charge in [0.05, 0.1) is 12.7 Å². The first-order valence-corrected chi connectivity index (χ1v) is 4.90. The molecule has 4 heteroatoms. The maximum absolute atomic E-state index is 13.4. The molecule has 0 saturated heterocycles. The Balaban J connectivity index is 2.54. The van der Waals surface area contributed by atoms with Gasteiger partial charge in [-0.05, 0) is 17.6 Å². The lowest BCUT2D eigenvalue weighted by atomic mass is 10.1. The fourth-order valence-electron chi connectivity index (χ4n) is 1.23. The first-order valence-electron chi connectivity index (χ1n) is 4.06. The summed E-state index contributed by atoms with van der Waals surface area (Å²) in [6.07, 6.45) is 0. The molecule has 14 heavy (non-hydrogen) atoms. The lowest BCUT2D eigenvalue weighted by Gasteiger charge is -2.01. The van der Waals surface area contributed by atoms with Gasteiger partial charge in [-0.15, -0.1) is 0 Å². The number of aromatic nitrogens is 1. The molecule has 0 aliphatic rings. The van der Waals surface area contributed by atoms with Gasteiger partial charge in [-0.25, -0.2) is 4.39 Å². The van der Waals surface area contributed by atoms with Crippen LogP contribution in [0.5, 0.6) is 5.88 Å². The highest BCUT2D eigenvalue weighted by atomic mass is 32.1. The summed E-state index contributed by atoms with van der Waals surface area (Å²) in [4.78, 5) is 0. The molecule has 0 fully saturated rings. The van der Waals surface area contributed by atoms with Gasteiger partial charge in [-0.1, -0.05) is 18.2 Å². The fourth-order valence-corrected chi connectivity index (χ4v) is 1.89. The van der Waals surface area contributed by atoms with Crippen LogP contribution < -0.4 is 4.74 Å². The monoisotopic (exact) mass is 209 g/mol. The zero-order valence-electron chi connectivity index (χ0n) is 7.53. The third-order valence-corrected chi connectivity index (χ3v) is 2.51. The van der Waals surface area contributed by atoms with Crippen molar-refractivity contribution in [3.63, 3.8) is 0 Å². The average molecular weight is 209 g/mol. The second-order valence-corrected chi connectivity index (χ2v) is 3.35. The number of methoxy groups -OCH3 is 1. The Hall–Kier alpha value is -1.42. The SMILES string of the molecule is COc1nscc1-c1ccccc1F. The maximum atomic E-state index is 13.4. The van der Waals surface area contributed by atoms with Gasteiger partial charge in [0.15, 0.2) is 0 Å². The highest BCUT2D eigenvalue weighted by molar-refractivity contribution is 7.04. The van der Waals surface area contributed by atoms with Gasteiger partial charge in [0, 0.05) is 10.9 Å². The number of nitrogens with zero attached hydrogens (tertiary/aromatic N) is 1. The molecule has 0 unspecified atom stereocenters. The first kappa shape index (κ1) is 9.15. The second kappa shape index (κ2) is 3.75. The molecule has 0 saturated carbocycles. The van der Waals surface area contributed by atoms with E-state index in [2.05, 4.69) is 4.37 Å². The molecule has 0 aliphatic carbocycles. The molecule has 0 amide bonds. The minimum atomic E-state index is -0.258. The van der Waals surface area contributed by atoms with Crippen LogP contribution in [-0.4, -0.2) is 11.5 Å². The van der Waals surface area contributed by atoms with E-state index in [4.69, 9.17) is 4.74 Å². The number of hydrogen-bond donors (Lipinski definition) is 0. The van der Waals surface area contributed by atoms with Gasteiger partial charge >= 0.3 is 0 Å². The molecule has 2 aromatic rings. The lowest BCUT2D eigenvalue weighted by Crippen LogP contribution is -1.87. The van der Waals surface area contributed by atoms with E-state index in [1.54, 1.807) is 23.6 Å². The van der Waals surface area contributed by atoms with E-state index in [1.807, 2.05) is 0 Å². The number of hydrogen-bond acceptors (Lipinski definition) is 3. The Morgan fingerprint density at radius 3 is 2.79 bits per heavy atom. The molecule has 1 heterocycles. The van der Waals surface area contributed by atoms with Gasteiger partial charge in [0.1, 0.15) is 5.82 Å². The summed E-state index contributed by atoms with van der Waals surface area (Å²) in [5.74, 6) is 0.214. The highest BCUT2D eigenvalue weighted by Crippen LogP contribution is 2.31. The smallest absolute Gasteiger partial charge is 0.232 e. The summed E-state index contributed by atoms with van der Waals surface area (Å²) in [5, 5.41) is 1.78. The topological polar surface area (TPSA) is 22.1 Å². The lowest BCUT2D eigenvalue weighted by molar-refractivity contribution is 0.404. The van der Waals surface area contributed by atoms with Crippen LogP contribution in [0.1, 0.15) is 0 Å². The standard InChI is InChI=1S/C10H8FNOS/c1-13-10-8(6-14-12-10)7-4-2-3-5-9(7)11/h2-6H,1H3. The van der Waals surface area contributed by atoms with E-state index >= 15 is 0 Å². The number of ether oxygens (including phenoxy) is 1. The Kier molecular flexibility index (Phi) is 2.45. The first-order chi connectivity index (χ1) is 6.83. The molecular weight excluding hydrogens is 201 g/mol. The number of rotatable bonds is 2. The number of halogens is 1. The van der Waals surface area contributed by atoms with Crippen LogP contribution >= 0.6 is 11.5 Å². The summed E-state index contributed by atoms with van der Waals surface area (Å²) in [6.45, 7) is 0. The van der Waals surface area contributed by atoms with Crippen LogP contribution in [0.15, 0.2) is 29.6 Å². The van der Waals surface area contributed by atoms with E-state index in [-0.39, 0.29) is 5.82 Å². The molecule has 0 N–H and O–H groups in total. The Morgan fingerprint density at radius 1 is 1.29 bits per heavy atom. The van der Waals surface area contributed by atoms with Gasteiger partial charge in [-0.2, -0.15) is 4.37 Å². The maximum Gasteiger partial charge on any atom is 0.232 e. The molecule has 0 bridgehead atoms. The van der Waals surface area contributed by atoms with Crippen molar-refractivity contribution in [2.75, 3.05) is 7.11 Å². The minimum Gasteiger partial charge on any atom is -0.480 e. The number of benzene rings is 1. The van der Waals surface area contributed by atoms with E-state index in [0.29, 0.717) is 17.0 Å². The molecule has 1 aromatic carbocycles. The molecule has 0 atom stereocenters. The van der Waals surface area contributed by atoms with Crippen molar-refractivity contribution in [1.82, 2.24) is 4.37 Å². The third-order valence-electron chi connectivity index (χ3n) is 1.89. The van der Waals surface area contributed by atoms with Crippen molar-refractivity contribution in [3.8, 4) is 17.0 Å². The summed E-state index contributed by atoms with van der Waals surface area (Å²) >= 11 is 1.25. The van der Waals surface area contributed by atoms with Gasteiger partial charge in [-0.3, -0.25) is 0 Å². The third kappa shape index (κ3) is 1.48. The average Bonchev–Trinajstić information content (AvgIpc) is 2.66. The molecular formula is C10H8FNOS. The van der Waals surface area contributed by atoms with Gasteiger partial charge < -0.3 is 4.74 Å². The minimum absolute atomic E-state index is 0.258. The fraction of sp³-hybridized carbons (Fsp3) is 0.100. The molecule has 2 nitrogen and oxygen atoms in total. The highest BCUT2D eigenvalue weighted by Gasteiger charge is 2.11. The van der Waals surface area contributed by atoms with E-state index < -0.39 is 0 Å². The molecule has 72 valence electrons. The van der Waals surface area contributed by atoms with Crippen LogP contribution in [0.3, 0.4) is 0 Å². The Morgan fingerprint density at radius 2 is 2.07 bits per heavy atom. The largest absolute Gasteiger partial charge is 0.480 e. The van der Waals surface area contributed by atoms with Crippen LogP contribution in [0.4, 0.5) is 4.39 Å². The zero-order valence-corrected chi connectivity index (χ0v) is 8.34. The van der Waals surface area contributed by atoms with Crippen molar-refractivity contribution >= 4 is 11.5 Å². The quantitative estimate of drug-likeness (QED) is 0.758. The Bertz CT molecular complexity index is 441. The Labute approximate surface area is 85.1 Å². The van der Waals surface area contributed by atoms with E-state index in [9.17, 15) is 4.39 Å². The molecule has 0 radical (unpaired) electrons. The van der Waals surface area contributed by atoms with Gasteiger partial charge in [0.25, 0.3) is 0 Å². The van der Waals surface area contributed by atoms with E-state index in [1.165, 1.54) is 24.7 Å². The summed E-state index contributed by atoms with van der Waals surface area (Å²) in [7, 11) is 1.53. The molecule has 0 aliphatic heterocycles. The van der Waals surface area contributed by atoms with Crippen LogP contribution in [0, 0.1) is 5.82 Å². The molecule has 2 rings (SSSR count). The van der Waals surface area contributed by atoms with Crippen LogP contribution in [0.2, 0.25) is 0 Å². The van der Waals surface area contributed by atoms with Crippen LogP contribution in [0.25, 0.3) is 11.1 Å². The van der Waals surface area contributed by atoms with Crippen molar-refractivity contribution in [2.45, 2.75) is 0 Å². The summed E-state index contributed by atoms with van der Waals surface area (Å²) in [6, 6.07) is 6.58. The zero-order chi connectivity index (χ0) is 9.97.